The number of rotatable bonds is 6. The van der Waals surface area contributed by atoms with Gasteiger partial charge < -0.3 is 5.32 Å². The Hall–Kier alpha value is -0.650. The maximum atomic E-state index is 4.46. The summed E-state index contributed by atoms with van der Waals surface area (Å²) in [5.74, 6) is 0. The predicted molar refractivity (Wildman–Crippen MR) is 84.7 cm³/mol. The molecule has 2 heterocycles. The Morgan fingerprint density at radius 1 is 1.53 bits per heavy atom. The van der Waals surface area contributed by atoms with Gasteiger partial charge >= 0.3 is 0 Å². The van der Waals surface area contributed by atoms with Crippen molar-refractivity contribution in [1.29, 1.82) is 0 Å². The monoisotopic (exact) mass is 341 g/mol. The molecule has 1 N–H and O–H groups in total. The predicted octanol–water partition coefficient (Wildman–Crippen LogP) is 3.84. The summed E-state index contributed by atoms with van der Waals surface area (Å²) in [5.41, 5.74) is 2.42. The Labute approximate surface area is 127 Å². The van der Waals surface area contributed by atoms with Gasteiger partial charge in [-0.15, -0.1) is 11.3 Å². The van der Waals surface area contributed by atoms with E-state index in [-0.39, 0.29) is 0 Å². The highest BCUT2D eigenvalue weighted by Gasteiger charge is 2.17. The molecule has 5 heteroatoms. The van der Waals surface area contributed by atoms with E-state index in [2.05, 4.69) is 57.8 Å². The number of hydrogen-bond acceptors (Lipinski definition) is 3. The van der Waals surface area contributed by atoms with Gasteiger partial charge in [0.2, 0.25) is 0 Å². The van der Waals surface area contributed by atoms with Gasteiger partial charge in [0.25, 0.3) is 0 Å². The molecule has 1 atom stereocenters. The highest BCUT2D eigenvalue weighted by Crippen LogP contribution is 2.26. The minimum atomic E-state index is 0.346. The number of aromatic nitrogens is 2. The number of nitrogens with one attached hydrogen (secondary N) is 1. The van der Waals surface area contributed by atoms with Crippen LogP contribution in [0, 0.1) is 6.92 Å². The van der Waals surface area contributed by atoms with E-state index in [1.54, 1.807) is 11.3 Å². The SMILES string of the molecule is CCCNC(Cc1cc(Br)cs1)c1cn(C)nc1C. The topological polar surface area (TPSA) is 29.9 Å². The van der Waals surface area contributed by atoms with E-state index in [4.69, 9.17) is 0 Å². The van der Waals surface area contributed by atoms with E-state index < -0.39 is 0 Å². The molecule has 0 amide bonds. The van der Waals surface area contributed by atoms with Crippen molar-refractivity contribution in [2.24, 2.45) is 7.05 Å². The summed E-state index contributed by atoms with van der Waals surface area (Å²) < 4.78 is 3.07. The summed E-state index contributed by atoms with van der Waals surface area (Å²) in [6, 6.07) is 2.55. The number of thiophene rings is 1. The quantitative estimate of drug-likeness (QED) is 0.865. The molecule has 19 heavy (non-hydrogen) atoms. The second kappa shape index (κ2) is 6.68. The van der Waals surface area contributed by atoms with Crippen molar-refractivity contribution in [3.63, 3.8) is 0 Å². The van der Waals surface area contributed by atoms with E-state index in [0.717, 1.165) is 25.1 Å². The van der Waals surface area contributed by atoms with Gasteiger partial charge in [-0.2, -0.15) is 5.10 Å². The largest absolute Gasteiger partial charge is 0.310 e. The van der Waals surface area contributed by atoms with E-state index in [0.29, 0.717) is 6.04 Å². The maximum Gasteiger partial charge on any atom is 0.0641 e. The van der Waals surface area contributed by atoms with Crippen molar-refractivity contribution >= 4 is 27.3 Å². The first-order chi connectivity index (χ1) is 9.10. The molecular formula is C14H20BrN3S. The molecule has 0 aliphatic rings. The van der Waals surface area contributed by atoms with Gasteiger partial charge in [0, 0.05) is 46.0 Å². The fourth-order valence-corrected chi connectivity index (χ4v) is 3.73. The molecule has 2 rings (SSSR count). The molecule has 0 aliphatic carbocycles. The lowest BCUT2D eigenvalue weighted by atomic mass is 10.0. The zero-order chi connectivity index (χ0) is 13.8. The highest BCUT2D eigenvalue weighted by atomic mass is 79.9. The molecule has 2 aromatic rings. The molecule has 2 aromatic heterocycles. The van der Waals surface area contributed by atoms with E-state index in [9.17, 15) is 0 Å². The average Bonchev–Trinajstić information content (AvgIpc) is 2.91. The Morgan fingerprint density at radius 3 is 2.84 bits per heavy atom. The molecule has 3 nitrogen and oxygen atoms in total. The zero-order valence-electron chi connectivity index (χ0n) is 11.6. The average molecular weight is 342 g/mol. The maximum absolute atomic E-state index is 4.46. The minimum absolute atomic E-state index is 0.346. The molecule has 0 saturated carbocycles. The summed E-state index contributed by atoms with van der Waals surface area (Å²) in [4.78, 5) is 1.39. The Balaban J connectivity index is 2.18. The van der Waals surface area contributed by atoms with Crippen molar-refractivity contribution in [2.75, 3.05) is 6.54 Å². The first kappa shape index (κ1) is 14.8. The summed E-state index contributed by atoms with van der Waals surface area (Å²) in [7, 11) is 1.98. The normalized spacial score (nSPS) is 12.8. The third-order valence-electron chi connectivity index (χ3n) is 3.09. The van der Waals surface area contributed by atoms with Crippen LogP contribution < -0.4 is 5.32 Å². The number of hydrogen-bond donors (Lipinski definition) is 1. The third kappa shape index (κ3) is 3.91. The van der Waals surface area contributed by atoms with Crippen molar-refractivity contribution in [1.82, 2.24) is 15.1 Å². The van der Waals surface area contributed by atoms with Gasteiger partial charge in [-0.25, -0.2) is 0 Å². The zero-order valence-corrected chi connectivity index (χ0v) is 14.0. The fourth-order valence-electron chi connectivity index (χ4n) is 2.23. The van der Waals surface area contributed by atoms with Crippen LogP contribution in [0.4, 0.5) is 0 Å². The molecule has 0 radical (unpaired) electrons. The lowest BCUT2D eigenvalue weighted by Gasteiger charge is -2.17. The summed E-state index contributed by atoms with van der Waals surface area (Å²) >= 11 is 5.33. The standard InChI is InChI=1S/C14H20BrN3S/c1-4-5-16-14(7-12-6-11(15)9-19-12)13-8-18(3)17-10(13)2/h6,8-9,14,16H,4-5,7H2,1-3H3. The highest BCUT2D eigenvalue weighted by molar-refractivity contribution is 9.10. The van der Waals surface area contributed by atoms with Crippen LogP contribution in [0.15, 0.2) is 22.1 Å². The molecule has 1 unspecified atom stereocenters. The Morgan fingerprint density at radius 2 is 2.32 bits per heavy atom. The van der Waals surface area contributed by atoms with E-state index in [1.165, 1.54) is 14.9 Å². The van der Waals surface area contributed by atoms with Crippen LogP contribution in [0.2, 0.25) is 0 Å². The molecule has 0 spiro atoms. The molecule has 0 bridgehead atoms. The van der Waals surface area contributed by atoms with Crippen molar-refractivity contribution in [3.05, 3.63) is 38.3 Å². The molecular weight excluding hydrogens is 322 g/mol. The third-order valence-corrected chi connectivity index (χ3v) is 4.81. The van der Waals surface area contributed by atoms with Crippen LogP contribution in [-0.4, -0.2) is 16.3 Å². The molecule has 0 aromatic carbocycles. The van der Waals surface area contributed by atoms with Gasteiger partial charge in [0.05, 0.1) is 5.69 Å². The van der Waals surface area contributed by atoms with Crippen molar-refractivity contribution in [2.45, 2.75) is 32.7 Å². The van der Waals surface area contributed by atoms with Crippen LogP contribution in [0.25, 0.3) is 0 Å². The lowest BCUT2D eigenvalue weighted by Crippen LogP contribution is -2.24. The fraction of sp³-hybridized carbons (Fsp3) is 0.500. The van der Waals surface area contributed by atoms with Crippen LogP contribution in [0.3, 0.4) is 0 Å². The second-order valence-electron chi connectivity index (χ2n) is 4.79. The van der Waals surface area contributed by atoms with E-state index in [1.807, 2.05) is 11.7 Å². The Bertz CT molecular complexity index is 533. The second-order valence-corrected chi connectivity index (χ2v) is 6.70. The lowest BCUT2D eigenvalue weighted by molar-refractivity contribution is 0.530. The van der Waals surface area contributed by atoms with Crippen LogP contribution >= 0.6 is 27.3 Å². The Kier molecular flexibility index (Phi) is 5.19. The van der Waals surface area contributed by atoms with Crippen molar-refractivity contribution in [3.8, 4) is 0 Å². The molecule has 0 aliphatic heterocycles. The van der Waals surface area contributed by atoms with Crippen molar-refractivity contribution < 1.29 is 0 Å². The number of aryl methyl sites for hydroxylation is 2. The van der Waals surface area contributed by atoms with Crippen LogP contribution in [-0.2, 0) is 13.5 Å². The molecule has 0 saturated heterocycles. The summed E-state index contributed by atoms with van der Waals surface area (Å²) in [6.45, 7) is 5.31. The molecule has 104 valence electrons. The van der Waals surface area contributed by atoms with Gasteiger partial charge in [-0.3, -0.25) is 4.68 Å². The van der Waals surface area contributed by atoms with Gasteiger partial charge in [-0.05, 0) is 41.9 Å². The first-order valence-electron chi connectivity index (χ1n) is 6.56. The van der Waals surface area contributed by atoms with Gasteiger partial charge in [-0.1, -0.05) is 6.92 Å². The number of halogens is 1. The van der Waals surface area contributed by atoms with Gasteiger partial charge in [0.15, 0.2) is 0 Å². The minimum Gasteiger partial charge on any atom is -0.310 e. The van der Waals surface area contributed by atoms with Crippen LogP contribution in [0.5, 0.6) is 0 Å². The van der Waals surface area contributed by atoms with Gasteiger partial charge in [0.1, 0.15) is 0 Å². The number of nitrogens with zero attached hydrogens (tertiary/aromatic N) is 2. The first-order valence-corrected chi connectivity index (χ1v) is 8.23. The molecule has 0 fully saturated rings. The van der Waals surface area contributed by atoms with E-state index >= 15 is 0 Å². The van der Waals surface area contributed by atoms with Crippen LogP contribution in [0.1, 0.15) is 35.5 Å². The summed E-state index contributed by atoms with van der Waals surface area (Å²) in [5, 5.41) is 10.2. The smallest absolute Gasteiger partial charge is 0.0641 e. The summed E-state index contributed by atoms with van der Waals surface area (Å²) in [6.07, 6.45) is 4.29.